The van der Waals surface area contributed by atoms with Gasteiger partial charge in [-0.05, 0) is 55.0 Å². The Morgan fingerprint density at radius 3 is 2.35 bits per heavy atom. The van der Waals surface area contributed by atoms with E-state index in [9.17, 15) is 13.2 Å². The minimum absolute atomic E-state index is 0.120. The molecule has 0 saturated carbocycles. The van der Waals surface area contributed by atoms with Crippen LogP contribution in [0.5, 0.6) is 5.75 Å². The number of amides is 1. The van der Waals surface area contributed by atoms with Crippen LogP contribution < -0.4 is 14.8 Å². The van der Waals surface area contributed by atoms with Crippen molar-refractivity contribution >= 4 is 21.6 Å². The Labute approximate surface area is 153 Å². The van der Waals surface area contributed by atoms with Gasteiger partial charge in [0.2, 0.25) is 10.0 Å². The number of hydrogen-bond donors (Lipinski definition) is 2. The van der Waals surface area contributed by atoms with Crippen LogP contribution in [0, 0.1) is 0 Å². The normalized spacial score (nSPS) is 11.0. The van der Waals surface area contributed by atoms with E-state index in [4.69, 9.17) is 4.74 Å². The lowest BCUT2D eigenvalue weighted by Gasteiger charge is -2.09. The number of carbonyl (C=O) groups excluding carboxylic acids is 1. The van der Waals surface area contributed by atoms with E-state index in [-0.39, 0.29) is 17.3 Å². The summed E-state index contributed by atoms with van der Waals surface area (Å²) in [6.45, 7) is 6.27. The van der Waals surface area contributed by atoms with Gasteiger partial charge >= 0.3 is 0 Å². The fourth-order valence-electron chi connectivity index (χ4n) is 2.10. The highest BCUT2D eigenvalue weighted by Crippen LogP contribution is 2.17. The van der Waals surface area contributed by atoms with E-state index in [1.54, 1.807) is 36.4 Å². The summed E-state index contributed by atoms with van der Waals surface area (Å²) in [5.74, 6) is 0.428. The third-order valence-electron chi connectivity index (χ3n) is 3.43. The maximum atomic E-state index is 12.3. The first-order chi connectivity index (χ1) is 12.5. The van der Waals surface area contributed by atoms with E-state index in [1.807, 2.05) is 6.92 Å². The van der Waals surface area contributed by atoms with Crippen molar-refractivity contribution in [2.45, 2.75) is 18.2 Å². The summed E-state index contributed by atoms with van der Waals surface area (Å²) >= 11 is 0. The second kappa shape index (κ2) is 9.17. The van der Waals surface area contributed by atoms with Gasteiger partial charge in [-0.1, -0.05) is 13.0 Å². The molecule has 0 heterocycles. The molecular weight excluding hydrogens is 352 g/mol. The summed E-state index contributed by atoms with van der Waals surface area (Å²) in [5.41, 5.74) is 0.988. The second-order valence-corrected chi connectivity index (χ2v) is 7.26. The van der Waals surface area contributed by atoms with Crippen LogP contribution in [0.15, 0.2) is 66.1 Å². The van der Waals surface area contributed by atoms with Gasteiger partial charge in [-0.2, -0.15) is 0 Å². The van der Waals surface area contributed by atoms with Crippen LogP contribution in [-0.4, -0.2) is 27.5 Å². The summed E-state index contributed by atoms with van der Waals surface area (Å²) in [6, 6.07) is 12.8. The third-order valence-corrected chi connectivity index (χ3v) is 4.87. The number of rotatable bonds is 9. The lowest BCUT2D eigenvalue weighted by Crippen LogP contribution is -2.23. The Balaban J connectivity index is 2.02. The molecule has 6 nitrogen and oxygen atoms in total. The lowest BCUT2D eigenvalue weighted by atomic mass is 10.2. The van der Waals surface area contributed by atoms with Crippen molar-refractivity contribution in [3.63, 3.8) is 0 Å². The highest BCUT2D eigenvalue weighted by atomic mass is 32.2. The first-order valence-electron chi connectivity index (χ1n) is 8.21. The Morgan fingerprint density at radius 1 is 1.12 bits per heavy atom. The van der Waals surface area contributed by atoms with Crippen molar-refractivity contribution in [3.8, 4) is 5.75 Å². The van der Waals surface area contributed by atoms with Crippen LogP contribution >= 0.6 is 0 Å². The predicted octanol–water partition coefficient (Wildman–Crippen LogP) is 3.19. The molecule has 2 rings (SSSR count). The van der Waals surface area contributed by atoms with Crippen LogP contribution in [0.1, 0.15) is 23.7 Å². The number of anilines is 1. The van der Waals surface area contributed by atoms with Crippen molar-refractivity contribution in [1.82, 2.24) is 4.72 Å². The molecule has 2 aromatic carbocycles. The number of nitrogens with one attached hydrogen (secondary N) is 2. The topological polar surface area (TPSA) is 84.5 Å². The molecule has 138 valence electrons. The number of hydrogen-bond acceptors (Lipinski definition) is 4. The van der Waals surface area contributed by atoms with Crippen LogP contribution in [0.25, 0.3) is 0 Å². The Hall–Kier alpha value is -2.64. The van der Waals surface area contributed by atoms with E-state index in [2.05, 4.69) is 16.6 Å². The zero-order chi connectivity index (χ0) is 19.0. The molecule has 0 unspecified atom stereocenters. The zero-order valence-corrected chi connectivity index (χ0v) is 15.4. The molecular formula is C19H22N2O4S. The highest BCUT2D eigenvalue weighted by Gasteiger charge is 2.13. The fraction of sp³-hybridized carbons (Fsp3) is 0.211. The second-order valence-electron chi connectivity index (χ2n) is 5.49. The zero-order valence-electron chi connectivity index (χ0n) is 14.6. The number of ether oxygens (including phenoxy) is 1. The van der Waals surface area contributed by atoms with Gasteiger partial charge in [-0.25, -0.2) is 13.1 Å². The molecule has 0 aliphatic heterocycles. The van der Waals surface area contributed by atoms with Gasteiger partial charge in [0.25, 0.3) is 5.91 Å². The van der Waals surface area contributed by atoms with Crippen LogP contribution in [0.3, 0.4) is 0 Å². The highest BCUT2D eigenvalue weighted by molar-refractivity contribution is 7.89. The van der Waals surface area contributed by atoms with Gasteiger partial charge in [-0.3, -0.25) is 4.79 Å². The van der Waals surface area contributed by atoms with Crippen molar-refractivity contribution in [1.29, 1.82) is 0 Å². The first-order valence-corrected chi connectivity index (χ1v) is 9.69. The average Bonchev–Trinajstić information content (AvgIpc) is 2.65. The molecule has 0 radical (unpaired) electrons. The minimum Gasteiger partial charge on any atom is -0.494 e. The van der Waals surface area contributed by atoms with E-state index in [1.165, 1.54) is 18.2 Å². The van der Waals surface area contributed by atoms with E-state index in [0.29, 0.717) is 23.6 Å². The van der Waals surface area contributed by atoms with Crippen molar-refractivity contribution in [2.75, 3.05) is 18.5 Å². The van der Waals surface area contributed by atoms with Gasteiger partial charge in [-0.15, -0.1) is 6.58 Å². The summed E-state index contributed by atoms with van der Waals surface area (Å²) in [6.07, 6.45) is 2.38. The molecule has 26 heavy (non-hydrogen) atoms. The summed E-state index contributed by atoms with van der Waals surface area (Å²) in [7, 11) is -3.58. The largest absolute Gasteiger partial charge is 0.494 e. The van der Waals surface area contributed by atoms with Crippen molar-refractivity contribution in [3.05, 3.63) is 66.7 Å². The van der Waals surface area contributed by atoms with Crippen molar-refractivity contribution < 1.29 is 17.9 Å². The monoisotopic (exact) mass is 374 g/mol. The molecule has 0 saturated heterocycles. The standard InChI is InChI=1S/C19H22N2O4S/c1-3-13-20-26(23,24)18-11-7-16(8-12-18)21-19(22)15-5-9-17(10-6-15)25-14-4-2/h3,5-12,20H,1,4,13-14H2,2H3,(H,21,22). The van der Waals surface area contributed by atoms with E-state index in [0.717, 1.165) is 6.42 Å². The Kier molecular flexibility index (Phi) is 6.94. The van der Waals surface area contributed by atoms with Gasteiger partial charge in [0.05, 0.1) is 11.5 Å². The van der Waals surface area contributed by atoms with Crippen molar-refractivity contribution in [2.24, 2.45) is 0 Å². The van der Waals surface area contributed by atoms with Gasteiger partial charge in [0.15, 0.2) is 0 Å². The summed E-state index contributed by atoms with van der Waals surface area (Å²) in [5, 5.41) is 2.73. The van der Waals surface area contributed by atoms with E-state index >= 15 is 0 Å². The van der Waals surface area contributed by atoms with Crippen LogP contribution in [0.4, 0.5) is 5.69 Å². The molecule has 7 heteroatoms. The van der Waals surface area contributed by atoms with E-state index < -0.39 is 10.0 Å². The molecule has 0 atom stereocenters. The molecule has 0 fully saturated rings. The van der Waals surface area contributed by atoms with Gasteiger partial charge in [0.1, 0.15) is 5.75 Å². The molecule has 2 aromatic rings. The fourth-order valence-corrected chi connectivity index (χ4v) is 3.09. The molecule has 2 N–H and O–H groups in total. The van der Waals surface area contributed by atoms with Gasteiger partial charge in [0, 0.05) is 17.8 Å². The smallest absolute Gasteiger partial charge is 0.255 e. The molecule has 0 spiro atoms. The van der Waals surface area contributed by atoms with Crippen LogP contribution in [0.2, 0.25) is 0 Å². The predicted molar refractivity (Wildman–Crippen MR) is 102 cm³/mol. The third kappa shape index (κ3) is 5.44. The quantitative estimate of drug-likeness (QED) is 0.660. The number of sulfonamides is 1. The SMILES string of the molecule is C=CCNS(=O)(=O)c1ccc(NC(=O)c2ccc(OCCC)cc2)cc1. The van der Waals surface area contributed by atoms with Gasteiger partial charge < -0.3 is 10.1 Å². The maximum Gasteiger partial charge on any atom is 0.255 e. The Morgan fingerprint density at radius 2 is 1.77 bits per heavy atom. The maximum absolute atomic E-state index is 12.3. The first kappa shape index (κ1) is 19.7. The van der Waals surface area contributed by atoms with Crippen LogP contribution in [-0.2, 0) is 10.0 Å². The lowest BCUT2D eigenvalue weighted by molar-refractivity contribution is 0.102. The average molecular weight is 374 g/mol. The number of carbonyl (C=O) groups is 1. The summed E-state index contributed by atoms with van der Waals surface area (Å²) in [4.78, 5) is 12.4. The molecule has 1 amide bonds. The Bertz CT molecular complexity index is 844. The minimum atomic E-state index is -3.58. The molecule has 0 aromatic heterocycles. The number of benzene rings is 2. The molecule has 0 bridgehead atoms. The summed E-state index contributed by atoms with van der Waals surface area (Å²) < 4.78 is 31.9. The molecule has 0 aliphatic rings. The molecule has 0 aliphatic carbocycles.